The second kappa shape index (κ2) is 10.1. The summed E-state index contributed by atoms with van der Waals surface area (Å²) in [4.78, 5) is 14.9. The molecule has 2 aromatic rings. The zero-order valence-corrected chi connectivity index (χ0v) is 15.1. The molecule has 0 fully saturated rings. The van der Waals surface area contributed by atoms with E-state index in [-0.39, 0.29) is 5.69 Å². The normalized spacial score (nSPS) is 11.2. The molecule has 0 amide bonds. The number of benzene rings is 2. The summed E-state index contributed by atoms with van der Waals surface area (Å²) < 4.78 is 5.06. The molecule has 7 heteroatoms. The van der Waals surface area contributed by atoms with Crippen molar-refractivity contribution in [3.63, 3.8) is 0 Å². The fourth-order valence-corrected chi connectivity index (χ4v) is 2.23. The molecule has 26 heavy (non-hydrogen) atoms. The zero-order chi connectivity index (χ0) is 18.8. The summed E-state index contributed by atoms with van der Waals surface area (Å²) in [6.07, 6.45) is 0. The van der Waals surface area contributed by atoms with Crippen LogP contribution < -0.4 is 10.6 Å². The van der Waals surface area contributed by atoms with Crippen LogP contribution in [-0.2, 0) is 17.8 Å². The highest BCUT2D eigenvalue weighted by atomic mass is 16.6. The quantitative estimate of drug-likeness (QED) is 0.250. The second-order valence-corrected chi connectivity index (χ2v) is 5.85. The van der Waals surface area contributed by atoms with Crippen molar-refractivity contribution < 1.29 is 9.66 Å². The van der Waals surface area contributed by atoms with E-state index in [9.17, 15) is 10.1 Å². The summed E-state index contributed by atoms with van der Waals surface area (Å²) in [5, 5.41) is 17.2. The number of aryl methyl sites for hydroxylation is 1. The Morgan fingerprint density at radius 3 is 2.35 bits per heavy atom. The number of aliphatic imine (C=N–C) groups is 1. The lowest BCUT2D eigenvalue weighted by atomic mass is 10.1. The molecule has 2 rings (SSSR count). The van der Waals surface area contributed by atoms with E-state index in [0.29, 0.717) is 32.2 Å². The van der Waals surface area contributed by atoms with Crippen molar-refractivity contribution in [2.45, 2.75) is 20.0 Å². The van der Waals surface area contributed by atoms with E-state index in [1.807, 2.05) is 0 Å². The molecule has 2 N–H and O–H groups in total. The van der Waals surface area contributed by atoms with Crippen LogP contribution in [0.5, 0.6) is 0 Å². The van der Waals surface area contributed by atoms with Gasteiger partial charge in [0.1, 0.15) is 0 Å². The van der Waals surface area contributed by atoms with Crippen LogP contribution in [0.4, 0.5) is 5.69 Å². The predicted octanol–water partition coefficient (Wildman–Crippen LogP) is 2.79. The highest BCUT2D eigenvalue weighted by Crippen LogP contribution is 2.11. The number of non-ortho nitro benzene ring substituents is 1. The lowest BCUT2D eigenvalue weighted by molar-refractivity contribution is -0.384. The lowest BCUT2D eigenvalue weighted by Gasteiger charge is -2.12. The first-order valence-electron chi connectivity index (χ1n) is 8.38. The monoisotopic (exact) mass is 356 g/mol. The maximum absolute atomic E-state index is 10.7. The van der Waals surface area contributed by atoms with Gasteiger partial charge < -0.3 is 15.4 Å². The summed E-state index contributed by atoms with van der Waals surface area (Å²) >= 11 is 0. The first kappa shape index (κ1) is 19.4. The highest BCUT2D eigenvalue weighted by Gasteiger charge is 2.05. The largest absolute Gasteiger partial charge is 0.383 e. The van der Waals surface area contributed by atoms with Crippen LogP contribution in [0.15, 0.2) is 53.5 Å². The third-order valence-corrected chi connectivity index (χ3v) is 3.75. The highest BCUT2D eigenvalue weighted by molar-refractivity contribution is 5.79. The number of hydrogen-bond donors (Lipinski definition) is 2. The molecule has 0 saturated heterocycles. The maximum Gasteiger partial charge on any atom is 0.269 e. The van der Waals surface area contributed by atoms with Gasteiger partial charge in [-0.25, -0.2) is 4.99 Å². The van der Waals surface area contributed by atoms with Crippen molar-refractivity contribution in [1.29, 1.82) is 0 Å². The van der Waals surface area contributed by atoms with Gasteiger partial charge >= 0.3 is 0 Å². The van der Waals surface area contributed by atoms with Gasteiger partial charge in [0.15, 0.2) is 5.96 Å². The van der Waals surface area contributed by atoms with E-state index in [1.165, 1.54) is 17.7 Å². The molecule has 0 aromatic heterocycles. The van der Waals surface area contributed by atoms with Gasteiger partial charge in [0.2, 0.25) is 0 Å². The number of nitrogens with one attached hydrogen (secondary N) is 2. The zero-order valence-electron chi connectivity index (χ0n) is 15.1. The van der Waals surface area contributed by atoms with Crippen molar-refractivity contribution in [3.05, 3.63) is 75.3 Å². The smallest absolute Gasteiger partial charge is 0.269 e. The molecule has 0 saturated carbocycles. The van der Waals surface area contributed by atoms with Crippen molar-refractivity contribution in [2.24, 2.45) is 4.99 Å². The fourth-order valence-electron chi connectivity index (χ4n) is 2.23. The average molecular weight is 356 g/mol. The number of methoxy groups -OCH3 is 1. The number of hydrogen-bond acceptors (Lipinski definition) is 4. The van der Waals surface area contributed by atoms with Crippen LogP contribution in [0, 0.1) is 17.0 Å². The Labute approximate surface area is 153 Å². The van der Waals surface area contributed by atoms with Gasteiger partial charge in [0, 0.05) is 32.3 Å². The van der Waals surface area contributed by atoms with Gasteiger partial charge in [-0.3, -0.25) is 10.1 Å². The molecule has 0 atom stereocenters. The van der Waals surface area contributed by atoms with Crippen molar-refractivity contribution in [1.82, 2.24) is 10.6 Å². The SMILES string of the molecule is COCCNC(=NCc1ccc(C)cc1)NCc1ccc([N+](=O)[O-])cc1. The Balaban J connectivity index is 1.97. The first-order valence-corrected chi connectivity index (χ1v) is 8.38. The first-order chi connectivity index (χ1) is 12.6. The van der Waals surface area contributed by atoms with Crippen LogP contribution in [-0.4, -0.2) is 31.1 Å². The lowest BCUT2D eigenvalue weighted by Crippen LogP contribution is -2.38. The number of ether oxygens (including phenoxy) is 1. The summed E-state index contributed by atoms with van der Waals surface area (Å²) in [6, 6.07) is 14.7. The van der Waals surface area contributed by atoms with E-state index >= 15 is 0 Å². The standard InChI is InChI=1S/C19H24N4O3/c1-15-3-5-16(6-4-15)13-21-19(20-11-12-26-2)22-14-17-7-9-18(10-8-17)23(24)25/h3-10H,11-14H2,1-2H3,(H2,20,21,22). The summed E-state index contributed by atoms with van der Waals surface area (Å²) in [5.41, 5.74) is 3.36. The molecule has 7 nitrogen and oxygen atoms in total. The van der Waals surface area contributed by atoms with Gasteiger partial charge in [-0.15, -0.1) is 0 Å². The molecule has 0 aliphatic carbocycles. The predicted molar refractivity (Wildman–Crippen MR) is 102 cm³/mol. The Kier molecular flexibility index (Phi) is 7.57. The fraction of sp³-hybridized carbons (Fsp3) is 0.316. The van der Waals surface area contributed by atoms with Crippen LogP contribution in [0.1, 0.15) is 16.7 Å². The van der Waals surface area contributed by atoms with Gasteiger partial charge in [-0.2, -0.15) is 0 Å². The maximum atomic E-state index is 10.7. The van der Waals surface area contributed by atoms with Crippen molar-refractivity contribution in [3.8, 4) is 0 Å². The molecule has 0 aliphatic heterocycles. The van der Waals surface area contributed by atoms with E-state index in [2.05, 4.69) is 46.8 Å². The average Bonchev–Trinajstić information content (AvgIpc) is 2.65. The molecular formula is C19H24N4O3. The molecule has 0 spiro atoms. The molecule has 0 unspecified atom stereocenters. The third kappa shape index (κ3) is 6.52. The topological polar surface area (TPSA) is 88.8 Å². The minimum Gasteiger partial charge on any atom is -0.383 e. The minimum atomic E-state index is -0.405. The van der Waals surface area contributed by atoms with Gasteiger partial charge in [0.05, 0.1) is 18.1 Å². The number of nitro benzene ring substituents is 1. The second-order valence-electron chi connectivity index (χ2n) is 5.85. The number of nitro groups is 1. The Morgan fingerprint density at radius 2 is 1.73 bits per heavy atom. The third-order valence-electron chi connectivity index (χ3n) is 3.75. The van der Waals surface area contributed by atoms with Gasteiger partial charge in [-0.1, -0.05) is 42.0 Å². The van der Waals surface area contributed by atoms with Crippen LogP contribution in [0.3, 0.4) is 0 Å². The number of guanidine groups is 1. The Hall–Kier alpha value is -2.93. The van der Waals surface area contributed by atoms with E-state index < -0.39 is 4.92 Å². The van der Waals surface area contributed by atoms with Crippen LogP contribution >= 0.6 is 0 Å². The minimum absolute atomic E-state index is 0.0835. The van der Waals surface area contributed by atoms with Crippen molar-refractivity contribution in [2.75, 3.05) is 20.3 Å². The summed E-state index contributed by atoms with van der Waals surface area (Å²) in [6.45, 7) is 4.34. The summed E-state index contributed by atoms with van der Waals surface area (Å²) in [5.74, 6) is 0.668. The number of nitrogens with zero attached hydrogens (tertiary/aromatic N) is 2. The van der Waals surface area contributed by atoms with E-state index in [1.54, 1.807) is 19.2 Å². The van der Waals surface area contributed by atoms with Crippen LogP contribution in [0.25, 0.3) is 0 Å². The molecule has 2 aromatic carbocycles. The molecule has 0 radical (unpaired) electrons. The van der Waals surface area contributed by atoms with Gasteiger partial charge in [0.25, 0.3) is 5.69 Å². The molecular weight excluding hydrogens is 332 g/mol. The van der Waals surface area contributed by atoms with E-state index in [4.69, 9.17) is 4.74 Å². The van der Waals surface area contributed by atoms with Gasteiger partial charge in [-0.05, 0) is 18.1 Å². The summed E-state index contributed by atoms with van der Waals surface area (Å²) in [7, 11) is 1.65. The van der Waals surface area contributed by atoms with Crippen molar-refractivity contribution >= 4 is 11.6 Å². The number of rotatable bonds is 8. The Bertz CT molecular complexity index is 727. The Morgan fingerprint density at radius 1 is 1.08 bits per heavy atom. The van der Waals surface area contributed by atoms with E-state index in [0.717, 1.165) is 11.1 Å². The molecule has 0 heterocycles. The molecule has 0 aliphatic rings. The van der Waals surface area contributed by atoms with Crippen LogP contribution in [0.2, 0.25) is 0 Å². The molecule has 0 bridgehead atoms. The molecule has 138 valence electrons.